The average Bonchev–Trinajstić information content (AvgIpc) is 2.55. The summed E-state index contributed by atoms with van der Waals surface area (Å²) in [5, 5.41) is 0. The Bertz CT molecular complexity index is 1020. The van der Waals surface area contributed by atoms with Crippen LogP contribution in [0.5, 0.6) is 0 Å². The van der Waals surface area contributed by atoms with E-state index in [1.165, 1.54) is 24.3 Å². The summed E-state index contributed by atoms with van der Waals surface area (Å²) in [5.74, 6) is -0.340. The predicted molar refractivity (Wildman–Crippen MR) is 111 cm³/mol. The fourth-order valence-electron chi connectivity index (χ4n) is 2.57. The molecule has 0 unspecified atom stereocenters. The Morgan fingerprint density at radius 1 is 0.808 bits per heavy atom. The zero-order valence-electron chi connectivity index (χ0n) is 14.2. The number of rotatable bonds is 6. The number of halogens is 2. The molecule has 0 aliphatic carbocycles. The smallest absolute Gasteiger partial charge is 0.202 e. The van der Waals surface area contributed by atoms with Crippen molar-refractivity contribution in [2.45, 2.75) is 30.1 Å². The van der Waals surface area contributed by atoms with E-state index in [1.54, 1.807) is 38.1 Å². The van der Waals surface area contributed by atoms with E-state index >= 15 is 0 Å². The number of allylic oxidation sites excluding steroid dienone is 1. The van der Waals surface area contributed by atoms with E-state index in [9.17, 15) is 16.8 Å². The van der Waals surface area contributed by atoms with Crippen LogP contribution in [0.15, 0.2) is 77.7 Å². The first-order chi connectivity index (χ1) is 12.1. The van der Waals surface area contributed by atoms with Gasteiger partial charge in [-0.15, -0.1) is 0 Å². The fraction of sp³-hybridized carbons (Fsp3) is 0.222. The molecule has 0 saturated heterocycles. The molecule has 0 aliphatic heterocycles. The van der Waals surface area contributed by atoms with Gasteiger partial charge in [0.25, 0.3) is 0 Å². The molecule has 0 aliphatic rings. The predicted octanol–water partition coefficient (Wildman–Crippen LogP) is 5.14. The summed E-state index contributed by atoms with van der Waals surface area (Å²) >= 11 is 6.54. The molecule has 0 atom stereocenters. The Morgan fingerprint density at radius 3 is 1.65 bits per heavy atom. The lowest BCUT2D eigenvalue weighted by molar-refractivity contribution is 0.597. The van der Waals surface area contributed by atoms with Crippen molar-refractivity contribution in [1.82, 2.24) is 0 Å². The van der Waals surface area contributed by atoms with Gasteiger partial charge in [-0.3, -0.25) is 0 Å². The number of hydrogen-bond acceptors (Lipinski definition) is 4. The summed E-state index contributed by atoms with van der Waals surface area (Å²) in [7, 11) is -7.37. The van der Waals surface area contributed by atoms with E-state index in [4.69, 9.17) is 0 Å². The Morgan fingerprint density at radius 2 is 1.23 bits per heavy atom. The molecule has 2 aromatic carbocycles. The minimum atomic E-state index is -3.74. The van der Waals surface area contributed by atoms with Crippen molar-refractivity contribution in [2.24, 2.45) is 0 Å². The maximum Gasteiger partial charge on any atom is 0.202 e. The second kappa shape index (κ2) is 8.37. The summed E-state index contributed by atoms with van der Waals surface area (Å²) in [4.78, 5) is 0.454. The third-order valence-electron chi connectivity index (χ3n) is 3.82. The first-order valence-corrected chi connectivity index (χ1v) is 12.5. The summed E-state index contributed by atoms with van der Waals surface area (Å²) < 4.78 is 52.6. The van der Waals surface area contributed by atoms with Crippen molar-refractivity contribution in [1.29, 1.82) is 0 Å². The molecule has 2 rings (SSSR count). The van der Waals surface area contributed by atoms with Gasteiger partial charge in [0.2, 0.25) is 9.84 Å². The zero-order chi connectivity index (χ0) is 19.5. The lowest BCUT2D eigenvalue weighted by atomic mass is 10.3. The Balaban J connectivity index is 2.44. The second-order valence-corrected chi connectivity index (χ2v) is 11.5. The molecular weight excluding hydrogens is 504 g/mol. The van der Waals surface area contributed by atoms with Gasteiger partial charge in [-0.25, -0.2) is 16.8 Å². The highest BCUT2D eigenvalue weighted by Gasteiger charge is 2.24. The molecule has 0 radical (unpaired) electrons. The van der Waals surface area contributed by atoms with E-state index < -0.39 is 19.7 Å². The number of sulfone groups is 2. The van der Waals surface area contributed by atoms with Gasteiger partial charge in [0.05, 0.1) is 15.5 Å². The minimum Gasteiger partial charge on any atom is -0.223 e. The topological polar surface area (TPSA) is 68.3 Å². The molecule has 2 aromatic rings. The molecule has 0 fully saturated rings. The van der Waals surface area contributed by atoms with Crippen molar-refractivity contribution >= 4 is 51.5 Å². The maximum atomic E-state index is 12.9. The van der Waals surface area contributed by atoms with Gasteiger partial charge in [0.1, 0.15) is 0 Å². The van der Waals surface area contributed by atoms with Crippen LogP contribution in [0, 0.1) is 0 Å². The standard InChI is InChI=1S/C18H18Br2O4S2/c1-3-18(26(23,24)17-10-6-15(20)7-11-17)13(2)12-25(21,22)16-8-4-14(19)5-9-16/h4-11H,3,12H2,1-2H3/b18-13+. The molecule has 26 heavy (non-hydrogen) atoms. The van der Waals surface area contributed by atoms with Gasteiger partial charge in [0.15, 0.2) is 9.84 Å². The molecule has 0 amide bonds. The first-order valence-electron chi connectivity index (χ1n) is 7.75. The fourth-order valence-corrected chi connectivity index (χ4v) is 6.34. The molecule has 140 valence electrons. The zero-order valence-corrected chi connectivity index (χ0v) is 19.0. The van der Waals surface area contributed by atoms with Crippen LogP contribution in [-0.2, 0) is 19.7 Å². The molecule has 0 heterocycles. The first kappa shape index (κ1) is 21.3. The maximum absolute atomic E-state index is 12.9. The summed E-state index contributed by atoms with van der Waals surface area (Å²) in [6.45, 7) is 3.27. The van der Waals surface area contributed by atoms with Crippen LogP contribution in [0.2, 0.25) is 0 Å². The van der Waals surface area contributed by atoms with E-state index in [-0.39, 0.29) is 26.9 Å². The monoisotopic (exact) mass is 520 g/mol. The summed E-state index contributed by atoms with van der Waals surface area (Å²) in [6, 6.07) is 12.6. The van der Waals surface area contributed by atoms with Crippen LogP contribution >= 0.6 is 31.9 Å². The van der Waals surface area contributed by atoms with Crippen molar-refractivity contribution in [3.63, 3.8) is 0 Å². The van der Waals surface area contributed by atoms with Gasteiger partial charge in [-0.1, -0.05) is 38.8 Å². The quantitative estimate of drug-likeness (QED) is 0.527. The van der Waals surface area contributed by atoms with Gasteiger partial charge in [-0.2, -0.15) is 0 Å². The second-order valence-electron chi connectivity index (χ2n) is 5.73. The average molecular weight is 522 g/mol. The largest absolute Gasteiger partial charge is 0.223 e. The lowest BCUT2D eigenvalue weighted by Crippen LogP contribution is -2.13. The highest BCUT2D eigenvalue weighted by Crippen LogP contribution is 2.27. The molecule has 0 spiro atoms. The van der Waals surface area contributed by atoms with Crippen molar-refractivity contribution in [3.8, 4) is 0 Å². The van der Waals surface area contributed by atoms with Crippen molar-refractivity contribution < 1.29 is 16.8 Å². The highest BCUT2D eigenvalue weighted by molar-refractivity contribution is 9.10. The van der Waals surface area contributed by atoms with Gasteiger partial charge >= 0.3 is 0 Å². The van der Waals surface area contributed by atoms with Gasteiger partial charge in [-0.05, 0) is 67.4 Å². The van der Waals surface area contributed by atoms with Crippen LogP contribution in [0.3, 0.4) is 0 Å². The molecule has 4 nitrogen and oxygen atoms in total. The van der Waals surface area contributed by atoms with Gasteiger partial charge in [0, 0.05) is 13.9 Å². The third kappa shape index (κ3) is 4.85. The van der Waals surface area contributed by atoms with Crippen LogP contribution in [0.4, 0.5) is 0 Å². The number of hydrogen-bond donors (Lipinski definition) is 0. The molecule has 0 aromatic heterocycles. The summed E-state index contributed by atoms with van der Waals surface area (Å²) in [5.41, 5.74) is 0.332. The van der Waals surface area contributed by atoms with E-state index in [0.717, 1.165) is 8.95 Å². The molecular formula is C18H18Br2O4S2. The highest BCUT2D eigenvalue weighted by atomic mass is 79.9. The van der Waals surface area contributed by atoms with Crippen molar-refractivity contribution in [2.75, 3.05) is 5.75 Å². The normalized spacial score (nSPS) is 13.4. The van der Waals surface area contributed by atoms with Crippen LogP contribution < -0.4 is 0 Å². The molecule has 0 N–H and O–H groups in total. The van der Waals surface area contributed by atoms with E-state index in [1.807, 2.05) is 0 Å². The third-order valence-corrected chi connectivity index (χ3v) is 8.86. The van der Waals surface area contributed by atoms with E-state index in [0.29, 0.717) is 5.57 Å². The number of benzene rings is 2. The Hall–Kier alpha value is -0.960. The van der Waals surface area contributed by atoms with Crippen LogP contribution in [0.25, 0.3) is 0 Å². The van der Waals surface area contributed by atoms with Crippen LogP contribution in [0.1, 0.15) is 20.3 Å². The van der Waals surface area contributed by atoms with E-state index in [2.05, 4.69) is 31.9 Å². The SMILES string of the molecule is CC/C(=C(/C)CS(=O)(=O)c1ccc(Br)cc1)S(=O)(=O)c1ccc(Br)cc1. The molecule has 8 heteroatoms. The lowest BCUT2D eigenvalue weighted by Gasteiger charge is -2.13. The molecule has 0 bridgehead atoms. The van der Waals surface area contributed by atoms with Gasteiger partial charge < -0.3 is 0 Å². The Kier molecular flexibility index (Phi) is 6.87. The Labute approximate surface area is 171 Å². The van der Waals surface area contributed by atoms with Crippen molar-refractivity contribution in [3.05, 3.63) is 68.0 Å². The summed E-state index contributed by atoms with van der Waals surface area (Å²) in [6.07, 6.45) is 0.222. The van der Waals surface area contributed by atoms with Crippen LogP contribution in [-0.4, -0.2) is 22.6 Å². The molecule has 0 saturated carbocycles. The minimum absolute atomic E-state index is 0.139.